The van der Waals surface area contributed by atoms with Crippen LogP contribution in [0.3, 0.4) is 0 Å². The largest absolute Gasteiger partial charge is 0.368 e. The van der Waals surface area contributed by atoms with E-state index in [4.69, 9.17) is 11.5 Å². The van der Waals surface area contributed by atoms with Gasteiger partial charge in [-0.2, -0.15) is 0 Å². The van der Waals surface area contributed by atoms with Gasteiger partial charge in [0, 0.05) is 5.75 Å². The molecule has 1 heterocycles. The summed E-state index contributed by atoms with van der Waals surface area (Å²) in [5.41, 5.74) is 12.1. The number of rotatable bonds is 6. The van der Waals surface area contributed by atoms with Gasteiger partial charge in [-0.25, -0.2) is 0 Å². The highest BCUT2D eigenvalue weighted by Crippen LogP contribution is 2.19. The van der Waals surface area contributed by atoms with E-state index < -0.39 is 5.91 Å². The van der Waals surface area contributed by atoms with Crippen molar-refractivity contribution in [2.45, 2.75) is 18.1 Å². The van der Waals surface area contributed by atoms with E-state index in [9.17, 15) is 4.79 Å². The Balaban J connectivity index is 1.94. The predicted molar refractivity (Wildman–Crippen MR) is 74.5 cm³/mol. The molecule has 0 unspecified atom stereocenters. The second-order valence-corrected chi connectivity index (χ2v) is 5.04. The fraction of sp³-hybridized carbons (Fsp3) is 0.250. The molecule has 0 spiro atoms. The number of aryl methyl sites for hydroxylation is 1. The maximum absolute atomic E-state index is 10.9. The van der Waals surface area contributed by atoms with Gasteiger partial charge >= 0.3 is 0 Å². The minimum atomic E-state index is -0.462. The molecule has 6 nitrogen and oxygen atoms in total. The minimum absolute atomic E-state index is 0.00645. The van der Waals surface area contributed by atoms with Gasteiger partial charge in [0.25, 0.3) is 0 Å². The molecule has 19 heavy (non-hydrogen) atoms. The van der Waals surface area contributed by atoms with Crippen LogP contribution in [0.2, 0.25) is 0 Å². The lowest BCUT2D eigenvalue weighted by Crippen LogP contribution is -2.20. The number of primary amides is 1. The molecule has 1 aromatic heterocycles. The number of benzene rings is 1. The molecule has 0 aliphatic rings. The smallest absolute Gasteiger partial charge is 0.237 e. The number of carbonyl (C=O) groups is 1. The quantitative estimate of drug-likeness (QED) is 0.756. The SMILES string of the molecule is NC(=O)Cn1c(N)nnc1SCCc1ccccc1. The van der Waals surface area contributed by atoms with Crippen LogP contribution < -0.4 is 11.5 Å². The normalized spacial score (nSPS) is 10.5. The van der Waals surface area contributed by atoms with E-state index in [1.807, 2.05) is 18.2 Å². The number of thioether (sulfide) groups is 1. The number of hydrogen-bond donors (Lipinski definition) is 2. The monoisotopic (exact) mass is 277 g/mol. The molecule has 2 rings (SSSR count). The summed E-state index contributed by atoms with van der Waals surface area (Å²) in [7, 11) is 0. The first-order chi connectivity index (χ1) is 9.16. The first-order valence-electron chi connectivity index (χ1n) is 5.80. The molecule has 100 valence electrons. The Morgan fingerprint density at radius 1 is 1.26 bits per heavy atom. The zero-order valence-corrected chi connectivity index (χ0v) is 11.1. The number of nitrogens with zero attached hydrogens (tertiary/aromatic N) is 3. The highest BCUT2D eigenvalue weighted by molar-refractivity contribution is 7.99. The molecule has 0 bridgehead atoms. The van der Waals surface area contributed by atoms with Gasteiger partial charge in [0.2, 0.25) is 11.9 Å². The molecule has 7 heteroatoms. The fourth-order valence-corrected chi connectivity index (χ4v) is 2.55. The van der Waals surface area contributed by atoms with E-state index in [1.165, 1.54) is 21.9 Å². The molecule has 0 atom stereocenters. The number of aromatic nitrogens is 3. The summed E-state index contributed by atoms with van der Waals surface area (Å²) in [6.07, 6.45) is 0.912. The summed E-state index contributed by atoms with van der Waals surface area (Å²) in [5.74, 6) is 0.582. The second-order valence-electron chi connectivity index (χ2n) is 3.98. The Hall–Kier alpha value is -2.02. The van der Waals surface area contributed by atoms with Crippen molar-refractivity contribution in [1.29, 1.82) is 0 Å². The molecule has 0 aliphatic carbocycles. The lowest BCUT2D eigenvalue weighted by molar-refractivity contribution is -0.118. The Kier molecular flexibility index (Phi) is 4.40. The fourth-order valence-electron chi connectivity index (χ4n) is 1.62. The van der Waals surface area contributed by atoms with Crippen molar-refractivity contribution < 1.29 is 4.79 Å². The third-order valence-corrected chi connectivity index (χ3v) is 3.49. The van der Waals surface area contributed by atoms with Crippen LogP contribution in [0.15, 0.2) is 35.5 Å². The second kappa shape index (κ2) is 6.24. The highest BCUT2D eigenvalue weighted by Gasteiger charge is 2.11. The number of nitrogen functional groups attached to an aromatic ring is 1. The molecular weight excluding hydrogens is 262 g/mol. The summed E-state index contributed by atoms with van der Waals surface area (Å²) in [6.45, 7) is 0.00645. The van der Waals surface area contributed by atoms with Crippen LogP contribution in [0.5, 0.6) is 0 Å². The van der Waals surface area contributed by atoms with Crippen molar-refractivity contribution in [3.05, 3.63) is 35.9 Å². The molecule has 1 aromatic carbocycles. The molecule has 0 aliphatic heterocycles. The van der Waals surface area contributed by atoms with E-state index in [1.54, 1.807) is 0 Å². The topological polar surface area (TPSA) is 99.8 Å². The van der Waals surface area contributed by atoms with Gasteiger partial charge < -0.3 is 11.5 Å². The Morgan fingerprint density at radius 2 is 2.00 bits per heavy atom. The third-order valence-electron chi connectivity index (χ3n) is 2.52. The van der Waals surface area contributed by atoms with Crippen molar-refractivity contribution in [1.82, 2.24) is 14.8 Å². The maximum atomic E-state index is 10.9. The average Bonchev–Trinajstić information content (AvgIpc) is 2.72. The number of nitrogens with two attached hydrogens (primary N) is 2. The molecule has 0 saturated carbocycles. The molecule has 1 amide bonds. The number of hydrogen-bond acceptors (Lipinski definition) is 5. The van der Waals surface area contributed by atoms with Gasteiger partial charge in [-0.3, -0.25) is 9.36 Å². The van der Waals surface area contributed by atoms with Crippen LogP contribution in [0.25, 0.3) is 0 Å². The predicted octanol–water partition coefficient (Wildman–Crippen LogP) is 0.680. The van der Waals surface area contributed by atoms with Crippen molar-refractivity contribution >= 4 is 23.6 Å². The van der Waals surface area contributed by atoms with Crippen molar-refractivity contribution in [3.8, 4) is 0 Å². The Bertz CT molecular complexity index is 555. The van der Waals surface area contributed by atoms with Gasteiger partial charge in [-0.15, -0.1) is 10.2 Å². The Morgan fingerprint density at radius 3 is 2.68 bits per heavy atom. The summed E-state index contributed by atoms with van der Waals surface area (Å²) < 4.78 is 1.53. The average molecular weight is 277 g/mol. The molecule has 0 fully saturated rings. The van der Waals surface area contributed by atoms with Gasteiger partial charge in [0.1, 0.15) is 6.54 Å². The van der Waals surface area contributed by atoms with E-state index in [0.29, 0.717) is 5.16 Å². The van der Waals surface area contributed by atoms with Crippen LogP contribution in [0.4, 0.5) is 5.95 Å². The molecule has 2 aromatic rings. The first-order valence-corrected chi connectivity index (χ1v) is 6.79. The number of carbonyl (C=O) groups excluding carboxylic acids is 1. The third kappa shape index (κ3) is 3.72. The summed E-state index contributed by atoms with van der Waals surface area (Å²) >= 11 is 1.51. The summed E-state index contributed by atoms with van der Waals surface area (Å²) in [6, 6.07) is 10.1. The van der Waals surface area contributed by atoms with Gasteiger partial charge in [-0.05, 0) is 12.0 Å². The van der Waals surface area contributed by atoms with Crippen LogP contribution in [0, 0.1) is 0 Å². The van der Waals surface area contributed by atoms with Crippen LogP contribution >= 0.6 is 11.8 Å². The van der Waals surface area contributed by atoms with Crippen molar-refractivity contribution in [2.24, 2.45) is 5.73 Å². The van der Waals surface area contributed by atoms with Crippen LogP contribution in [-0.2, 0) is 17.8 Å². The van der Waals surface area contributed by atoms with Crippen molar-refractivity contribution in [3.63, 3.8) is 0 Å². The summed E-state index contributed by atoms with van der Waals surface area (Å²) in [4.78, 5) is 10.9. The first kappa shape index (κ1) is 13.4. The van der Waals surface area contributed by atoms with E-state index in [2.05, 4.69) is 22.3 Å². The van der Waals surface area contributed by atoms with E-state index >= 15 is 0 Å². The lowest BCUT2D eigenvalue weighted by Gasteiger charge is -2.05. The van der Waals surface area contributed by atoms with E-state index in [-0.39, 0.29) is 12.5 Å². The molecule has 0 saturated heterocycles. The lowest BCUT2D eigenvalue weighted by atomic mass is 10.2. The number of anilines is 1. The Labute approximate surface area is 115 Å². The van der Waals surface area contributed by atoms with Crippen molar-refractivity contribution in [2.75, 3.05) is 11.5 Å². The van der Waals surface area contributed by atoms with Crippen LogP contribution in [-0.4, -0.2) is 26.4 Å². The van der Waals surface area contributed by atoms with Gasteiger partial charge in [0.05, 0.1) is 0 Å². The minimum Gasteiger partial charge on any atom is -0.368 e. The molecule has 4 N–H and O–H groups in total. The maximum Gasteiger partial charge on any atom is 0.237 e. The standard InChI is InChI=1S/C12H15N5OS/c13-10(18)8-17-11(14)15-16-12(17)19-7-6-9-4-2-1-3-5-9/h1-5H,6-8H2,(H2,13,18)(H2,14,15). The van der Waals surface area contributed by atoms with Gasteiger partial charge in [0.15, 0.2) is 5.16 Å². The van der Waals surface area contributed by atoms with Crippen LogP contribution in [0.1, 0.15) is 5.56 Å². The van der Waals surface area contributed by atoms with E-state index in [0.717, 1.165) is 12.2 Å². The zero-order chi connectivity index (χ0) is 13.7. The number of amides is 1. The van der Waals surface area contributed by atoms with Gasteiger partial charge in [-0.1, -0.05) is 42.1 Å². The molecular formula is C12H15N5OS. The highest BCUT2D eigenvalue weighted by atomic mass is 32.2. The summed E-state index contributed by atoms with van der Waals surface area (Å²) in [5, 5.41) is 8.32. The molecule has 0 radical (unpaired) electrons. The zero-order valence-electron chi connectivity index (χ0n) is 10.3.